The molecular weight excluding hydrogens is 452 g/mol. The molecule has 0 spiro atoms. The van der Waals surface area contributed by atoms with E-state index in [4.69, 9.17) is 0 Å². The minimum absolute atomic E-state index is 0.146. The fourth-order valence-electron chi connectivity index (χ4n) is 2.53. The second-order valence-electron chi connectivity index (χ2n) is 5.65. The van der Waals surface area contributed by atoms with E-state index in [1.165, 1.54) is 4.90 Å². The molecule has 0 aromatic heterocycles. The van der Waals surface area contributed by atoms with Gasteiger partial charge in [0.25, 0.3) is 5.91 Å². The molecule has 0 bridgehead atoms. The van der Waals surface area contributed by atoms with Crippen LogP contribution in [0.3, 0.4) is 0 Å². The molecule has 2 aromatic carbocycles. The number of likely N-dealkylation sites (tertiary alicyclic amines) is 1. The Morgan fingerprint density at radius 1 is 1.00 bits per heavy atom. The number of hydrogen-bond acceptors (Lipinski definition) is 3. The van der Waals surface area contributed by atoms with Gasteiger partial charge in [0.15, 0.2) is 0 Å². The number of carbonyl (C=O) groups is 3. The Bertz CT molecular complexity index is 834. The van der Waals surface area contributed by atoms with Gasteiger partial charge < -0.3 is 5.32 Å². The third-order valence-electron chi connectivity index (χ3n) is 3.89. The number of carbonyl (C=O) groups excluding carboxylic acids is 3. The van der Waals surface area contributed by atoms with Crippen LogP contribution in [0, 0.1) is 0 Å². The lowest BCUT2D eigenvalue weighted by Crippen LogP contribution is -2.28. The van der Waals surface area contributed by atoms with Crippen LogP contribution in [0.15, 0.2) is 51.4 Å². The fourth-order valence-corrected chi connectivity index (χ4v) is 3.67. The Morgan fingerprint density at radius 2 is 1.64 bits per heavy atom. The van der Waals surface area contributed by atoms with Crippen LogP contribution in [0.5, 0.6) is 0 Å². The normalized spacial score (nSPS) is 14.1. The predicted molar refractivity (Wildman–Crippen MR) is 101 cm³/mol. The molecule has 25 heavy (non-hydrogen) atoms. The van der Waals surface area contributed by atoms with E-state index in [2.05, 4.69) is 37.2 Å². The molecule has 1 fully saturated rings. The topological polar surface area (TPSA) is 66.5 Å². The van der Waals surface area contributed by atoms with Crippen LogP contribution in [0.2, 0.25) is 0 Å². The van der Waals surface area contributed by atoms with E-state index in [1.54, 1.807) is 30.3 Å². The third kappa shape index (κ3) is 4.16. The molecule has 1 aliphatic rings. The van der Waals surface area contributed by atoms with Gasteiger partial charge in [-0.25, -0.2) is 0 Å². The molecule has 5 nitrogen and oxygen atoms in total. The number of nitrogens with one attached hydrogen (secondary N) is 1. The highest BCUT2D eigenvalue weighted by Crippen LogP contribution is 2.26. The van der Waals surface area contributed by atoms with Crippen LogP contribution in [-0.2, 0) is 16.1 Å². The van der Waals surface area contributed by atoms with Crippen molar-refractivity contribution in [3.8, 4) is 0 Å². The molecule has 0 radical (unpaired) electrons. The first-order chi connectivity index (χ1) is 11.9. The lowest BCUT2D eigenvalue weighted by molar-refractivity contribution is -0.139. The number of amides is 3. The van der Waals surface area contributed by atoms with Gasteiger partial charge in [-0.1, -0.05) is 28.1 Å². The van der Waals surface area contributed by atoms with E-state index in [9.17, 15) is 14.4 Å². The minimum Gasteiger partial charge on any atom is -0.321 e. The Morgan fingerprint density at radius 3 is 2.24 bits per heavy atom. The molecule has 1 saturated heterocycles. The van der Waals surface area contributed by atoms with Crippen molar-refractivity contribution in [3.05, 3.63) is 62.5 Å². The van der Waals surface area contributed by atoms with Crippen LogP contribution in [0.4, 0.5) is 5.69 Å². The van der Waals surface area contributed by atoms with Gasteiger partial charge in [0.05, 0.1) is 12.2 Å². The summed E-state index contributed by atoms with van der Waals surface area (Å²) in [6, 6.07) is 12.4. The maximum Gasteiger partial charge on any atom is 0.255 e. The average molecular weight is 466 g/mol. The number of benzene rings is 2. The Balaban J connectivity index is 1.68. The zero-order valence-corrected chi connectivity index (χ0v) is 16.3. The maximum absolute atomic E-state index is 12.3. The van der Waals surface area contributed by atoms with Gasteiger partial charge in [0.2, 0.25) is 11.8 Å². The summed E-state index contributed by atoms with van der Waals surface area (Å²) in [7, 11) is 0. The number of anilines is 1. The van der Waals surface area contributed by atoms with E-state index in [-0.39, 0.29) is 37.1 Å². The summed E-state index contributed by atoms with van der Waals surface area (Å²) in [6.45, 7) is 0.248. The number of hydrogen-bond donors (Lipinski definition) is 1. The summed E-state index contributed by atoms with van der Waals surface area (Å²) in [5, 5.41) is 2.84. The second-order valence-corrected chi connectivity index (χ2v) is 7.42. The van der Waals surface area contributed by atoms with E-state index in [0.717, 1.165) is 14.5 Å². The van der Waals surface area contributed by atoms with Gasteiger partial charge >= 0.3 is 0 Å². The van der Waals surface area contributed by atoms with Crippen LogP contribution >= 0.6 is 31.9 Å². The highest BCUT2D eigenvalue weighted by molar-refractivity contribution is 9.11. The summed E-state index contributed by atoms with van der Waals surface area (Å²) in [5.74, 6) is -0.526. The van der Waals surface area contributed by atoms with Gasteiger partial charge in [-0.15, -0.1) is 0 Å². The first-order valence-corrected chi connectivity index (χ1v) is 9.21. The van der Waals surface area contributed by atoms with Crippen molar-refractivity contribution in [2.24, 2.45) is 0 Å². The summed E-state index contributed by atoms with van der Waals surface area (Å²) >= 11 is 6.77. The van der Waals surface area contributed by atoms with E-state index in [1.807, 2.05) is 12.1 Å². The first-order valence-electron chi connectivity index (χ1n) is 7.62. The largest absolute Gasteiger partial charge is 0.321 e. The summed E-state index contributed by atoms with van der Waals surface area (Å²) in [5.41, 5.74) is 1.98. The standard InChI is InChI=1S/C18H14Br2N2O3/c19-13-5-6-15(14(20)9-13)21-18(25)12-3-1-11(2-4-12)10-22-16(23)7-8-17(22)24/h1-6,9H,7-8,10H2,(H,21,25). The minimum atomic E-state index is -0.233. The molecule has 7 heteroatoms. The quantitative estimate of drug-likeness (QED) is 0.691. The van der Waals surface area contributed by atoms with Crippen LogP contribution in [-0.4, -0.2) is 22.6 Å². The van der Waals surface area contributed by atoms with Gasteiger partial charge in [-0.2, -0.15) is 0 Å². The van der Waals surface area contributed by atoms with Crippen molar-refractivity contribution >= 4 is 55.3 Å². The second kappa shape index (κ2) is 7.49. The molecule has 128 valence electrons. The van der Waals surface area contributed by atoms with E-state index in [0.29, 0.717) is 11.3 Å². The lowest BCUT2D eigenvalue weighted by Gasteiger charge is -2.14. The van der Waals surface area contributed by atoms with E-state index >= 15 is 0 Å². The zero-order chi connectivity index (χ0) is 18.0. The molecule has 3 amide bonds. The third-order valence-corrected chi connectivity index (χ3v) is 5.04. The Labute approximate surface area is 161 Å². The van der Waals surface area contributed by atoms with Gasteiger partial charge in [-0.05, 0) is 51.8 Å². The maximum atomic E-state index is 12.3. The molecule has 0 aliphatic carbocycles. The molecule has 0 unspecified atom stereocenters. The highest BCUT2D eigenvalue weighted by Gasteiger charge is 2.28. The van der Waals surface area contributed by atoms with Crippen LogP contribution < -0.4 is 5.32 Å². The Hall–Kier alpha value is -1.99. The van der Waals surface area contributed by atoms with Crippen molar-refractivity contribution < 1.29 is 14.4 Å². The van der Waals surface area contributed by atoms with Gasteiger partial charge in [-0.3, -0.25) is 19.3 Å². The van der Waals surface area contributed by atoms with Gasteiger partial charge in [0.1, 0.15) is 0 Å². The lowest BCUT2D eigenvalue weighted by atomic mass is 10.1. The molecule has 0 saturated carbocycles. The highest BCUT2D eigenvalue weighted by atomic mass is 79.9. The first kappa shape index (κ1) is 17.8. The number of nitrogens with zero attached hydrogens (tertiary/aromatic N) is 1. The van der Waals surface area contributed by atoms with Crippen LogP contribution in [0.1, 0.15) is 28.8 Å². The van der Waals surface area contributed by atoms with Crippen molar-refractivity contribution in [1.29, 1.82) is 0 Å². The number of halogens is 2. The molecule has 1 heterocycles. The molecule has 2 aromatic rings. The summed E-state index contributed by atoms with van der Waals surface area (Å²) in [6.07, 6.45) is 0.558. The molecule has 0 atom stereocenters. The van der Waals surface area contributed by atoms with Crippen molar-refractivity contribution in [2.45, 2.75) is 19.4 Å². The van der Waals surface area contributed by atoms with E-state index < -0.39 is 0 Å². The molecule has 3 rings (SSSR count). The molecular formula is C18H14Br2N2O3. The smallest absolute Gasteiger partial charge is 0.255 e. The van der Waals surface area contributed by atoms with Crippen molar-refractivity contribution in [3.63, 3.8) is 0 Å². The summed E-state index contributed by atoms with van der Waals surface area (Å²) in [4.78, 5) is 36.9. The number of rotatable bonds is 4. The molecule has 1 aliphatic heterocycles. The predicted octanol–water partition coefficient (Wildman–Crippen LogP) is 4.11. The number of imide groups is 1. The van der Waals surface area contributed by atoms with Crippen molar-refractivity contribution in [1.82, 2.24) is 4.90 Å². The van der Waals surface area contributed by atoms with Gasteiger partial charge in [0, 0.05) is 27.4 Å². The molecule has 1 N–H and O–H groups in total. The van der Waals surface area contributed by atoms with Crippen molar-refractivity contribution in [2.75, 3.05) is 5.32 Å². The fraction of sp³-hybridized carbons (Fsp3) is 0.167. The zero-order valence-electron chi connectivity index (χ0n) is 13.1. The average Bonchev–Trinajstić information content (AvgIpc) is 2.90. The summed E-state index contributed by atoms with van der Waals surface area (Å²) < 4.78 is 1.69. The Kier molecular flexibility index (Phi) is 5.34. The SMILES string of the molecule is O=C(Nc1ccc(Br)cc1Br)c1ccc(CN2C(=O)CCC2=O)cc1. The monoisotopic (exact) mass is 464 g/mol. The van der Waals surface area contributed by atoms with Crippen LogP contribution in [0.25, 0.3) is 0 Å².